The number of aromatic nitrogens is 1. The molecule has 0 bridgehead atoms. The van der Waals surface area contributed by atoms with Gasteiger partial charge in [0.1, 0.15) is 16.7 Å². The molecule has 144 valence electrons. The molecule has 1 heterocycles. The van der Waals surface area contributed by atoms with Crippen LogP contribution in [0.1, 0.15) is 15.9 Å². The summed E-state index contributed by atoms with van der Waals surface area (Å²) in [5, 5.41) is 16.9. The third-order valence-corrected chi connectivity index (χ3v) is 4.79. The second kappa shape index (κ2) is 7.77. The van der Waals surface area contributed by atoms with E-state index in [9.17, 15) is 9.90 Å². The minimum Gasteiger partial charge on any atom is -0.507 e. The Hall–Kier alpha value is -3.64. The van der Waals surface area contributed by atoms with Gasteiger partial charge in [0, 0.05) is 17.0 Å². The van der Waals surface area contributed by atoms with Crippen LogP contribution in [-0.4, -0.2) is 29.3 Å². The number of phenolic OH excluding ortho intramolecular Hbond substituents is 1. The molecule has 0 aliphatic rings. The highest BCUT2D eigenvalue weighted by Crippen LogP contribution is 2.25. The Morgan fingerprint density at radius 1 is 1.10 bits per heavy atom. The molecule has 7 heteroatoms. The minimum absolute atomic E-state index is 0.115. The first-order chi connectivity index (χ1) is 14.0. The number of halogens is 1. The lowest BCUT2D eigenvalue weighted by Crippen LogP contribution is -2.17. The lowest BCUT2D eigenvalue weighted by Gasteiger charge is -2.06. The molecule has 0 aliphatic carbocycles. The van der Waals surface area contributed by atoms with E-state index in [4.69, 9.17) is 16.3 Å². The lowest BCUT2D eigenvalue weighted by molar-refractivity contribution is 0.0952. The van der Waals surface area contributed by atoms with Crippen molar-refractivity contribution in [3.8, 4) is 11.5 Å². The number of hydrogen-bond acceptors (Lipinski definition) is 5. The van der Waals surface area contributed by atoms with E-state index in [2.05, 4.69) is 15.5 Å². The van der Waals surface area contributed by atoms with Crippen molar-refractivity contribution in [2.45, 2.75) is 0 Å². The molecule has 0 atom stereocenters. The standard InChI is InChI=1S/C22H16ClN3O3/c1-29-17-7-6-15-8-16(21(23)25-19(15)11-17)12-24-26-22(28)18-9-13-4-2-3-5-14(13)10-20(18)27/h2-12,27H,1H3,(H,26,28)/b24-12+. The molecule has 2 N–H and O–H groups in total. The van der Waals surface area contributed by atoms with Crippen molar-refractivity contribution in [3.05, 3.63) is 76.9 Å². The van der Waals surface area contributed by atoms with E-state index in [1.165, 1.54) is 6.21 Å². The third-order valence-electron chi connectivity index (χ3n) is 4.48. The van der Waals surface area contributed by atoms with Gasteiger partial charge < -0.3 is 9.84 Å². The Kier molecular flexibility index (Phi) is 5.01. The number of carbonyl (C=O) groups is 1. The van der Waals surface area contributed by atoms with Gasteiger partial charge in [0.25, 0.3) is 5.91 Å². The van der Waals surface area contributed by atoms with Gasteiger partial charge in [-0.2, -0.15) is 5.10 Å². The van der Waals surface area contributed by atoms with Crippen LogP contribution in [0, 0.1) is 0 Å². The van der Waals surface area contributed by atoms with Gasteiger partial charge in [0.15, 0.2) is 0 Å². The summed E-state index contributed by atoms with van der Waals surface area (Å²) in [6.45, 7) is 0. The molecule has 3 aromatic carbocycles. The number of nitrogens with one attached hydrogen (secondary N) is 1. The van der Waals surface area contributed by atoms with Crippen LogP contribution < -0.4 is 10.2 Å². The normalized spacial score (nSPS) is 11.2. The number of phenols is 1. The van der Waals surface area contributed by atoms with Gasteiger partial charge in [-0.05, 0) is 41.1 Å². The van der Waals surface area contributed by atoms with Crippen LogP contribution in [0.5, 0.6) is 11.5 Å². The summed E-state index contributed by atoms with van der Waals surface area (Å²) in [6, 6.07) is 17.9. The number of ether oxygens (including phenoxy) is 1. The molecule has 4 rings (SSSR count). The Bertz CT molecular complexity index is 1270. The smallest absolute Gasteiger partial charge is 0.275 e. The first-order valence-electron chi connectivity index (χ1n) is 8.74. The predicted octanol–water partition coefficient (Wildman–Crippen LogP) is 4.52. The van der Waals surface area contributed by atoms with Crippen LogP contribution in [0.2, 0.25) is 5.15 Å². The first kappa shape index (κ1) is 18.7. The monoisotopic (exact) mass is 405 g/mol. The molecular weight excluding hydrogens is 390 g/mol. The van der Waals surface area contributed by atoms with Crippen LogP contribution in [0.15, 0.2) is 65.8 Å². The van der Waals surface area contributed by atoms with Crippen molar-refractivity contribution in [1.29, 1.82) is 0 Å². The van der Waals surface area contributed by atoms with Crippen molar-refractivity contribution in [2.24, 2.45) is 5.10 Å². The molecule has 1 aromatic heterocycles. The van der Waals surface area contributed by atoms with Gasteiger partial charge in [0.05, 0.1) is 24.4 Å². The van der Waals surface area contributed by atoms with Gasteiger partial charge in [-0.25, -0.2) is 10.4 Å². The van der Waals surface area contributed by atoms with E-state index in [1.54, 1.807) is 25.3 Å². The second-order valence-electron chi connectivity index (χ2n) is 6.34. The molecule has 4 aromatic rings. The molecule has 6 nitrogen and oxygen atoms in total. The molecule has 0 fully saturated rings. The van der Waals surface area contributed by atoms with E-state index in [-0.39, 0.29) is 16.5 Å². The zero-order chi connectivity index (χ0) is 20.4. The molecule has 0 radical (unpaired) electrons. The molecule has 0 saturated carbocycles. The second-order valence-corrected chi connectivity index (χ2v) is 6.70. The number of fused-ring (bicyclic) bond motifs is 2. The number of methoxy groups -OCH3 is 1. The van der Waals surface area contributed by atoms with Gasteiger partial charge in [-0.15, -0.1) is 0 Å². The van der Waals surface area contributed by atoms with E-state index in [1.807, 2.05) is 42.5 Å². The zero-order valence-electron chi connectivity index (χ0n) is 15.4. The predicted molar refractivity (Wildman–Crippen MR) is 114 cm³/mol. The molecule has 1 amide bonds. The third kappa shape index (κ3) is 3.83. The van der Waals surface area contributed by atoms with Crippen LogP contribution in [0.4, 0.5) is 0 Å². The van der Waals surface area contributed by atoms with Gasteiger partial charge in [-0.1, -0.05) is 35.9 Å². The van der Waals surface area contributed by atoms with E-state index >= 15 is 0 Å². The van der Waals surface area contributed by atoms with Crippen LogP contribution >= 0.6 is 11.6 Å². The number of rotatable bonds is 4. The van der Waals surface area contributed by atoms with Crippen LogP contribution in [-0.2, 0) is 0 Å². The van der Waals surface area contributed by atoms with Crippen molar-refractivity contribution in [3.63, 3.8) is 0 Å². The summed E-state index contributed by atoms with van der Waals surface area (Å²) in [5.74, 6) is 0.0415. The molecule has 29 heavy (non-hydrogen) atoms. The average Bonchev–Trinajstić information content (AvgIpc) is 2.73. The fourth-order valence-electron chi connectivity index (χ4n) is 2.99. The highest BCUT2D eigenvalue weighted by Gasteiger charge is 2.12. The topological polar surface area (TPSA) is 83.8 Å². The fraction of sp³-hybridized carbons (Fsp3) is 0.0455. The summed E-state index contributed by atoms with van der Waals surface area (Å²) in [7, 11) is 1.58. The van der Waals surface area contributed by atoms with Crippen LogP contribution in [0.25, 0.3) is 21.7 Å². The van der Waals surface area contributed by atoms with Gasteiger partial charge in [0.2, 0.25) is 0 Å². The summed E-state index contributed by atoms with van der Waals surface area (Å²) < 4.78 is 5.18. The molecule has 0 aliphatic heterocycles. The molecule has 0 saturated heterocycles. The number of aromatic hydroxyl groups is 1. The van der Waals surface area contributed by atoms with Crippen molar-refractivity contribution >= 4 is 45.4 Å². The highest BCUT2D eigenvalue weighted by molar-refractivity contribution is 6.32. The fourth-order valence-corrected chi connectivity index (χ4v) is 3.18. The number of pyridine rings is 1. The Morgan fingerprint density at radius 2 is 1.86 bits per heavy atom. The van der Waals surface area contributed by atoms with Gasteiger partial charge in [-0.3, -0.25) is 4.79 Å². The number of nitrogens with zero attached hydrogens (tertiary/aromatic N) is 2. The highest BCUT2D eigenvalue weighted by atomic mass is 35.5. The average molecular weight is 406 g/mol. The van der Waals surface area contributed by atoms with Crippen molar-refractivity contribution in [1.82, 2.24) is 10.4 Å². The van der Waals surface area contributed by atoms with Crippen LogP contribution in [0.3, 0.4) is 0 Å². The van der Waals surface area contributed by atoms with Gasteiger partial charge >= 0.3 is 0 Å². The van der Waals surface area contributed by atoms with E-state index < -0.39 is 5.91 Å². The summed E-state index contributed by atoms with van der Waals surface area (Å²) in [4.78, 5) is 16.7. The lowest BCUT2D eigenvalue weighted by atomic mass is 10.1. The van der Waals surface area contributed by atoms with E-state index in [0.717, 1.165) is 16.2 Å². The maximum Gasteiger partial charge on any atom is 0.275 e. The molecule has 0 spiro atoms. The number of hydrazone groups is 1. The first-order valence-corrected chi connectivity index (χ1v) is 9.12. The Labute approximate surface area is 171 Å². The Balaban J connectivity index is 1.56. The number of benzene rings is 3. The largest absolute Gasteiger partial charge is 0.507 e. The number of hydrogen-bond donors (Lipinski definition) is 2. The molecule has 0 unspecified atom stereocenters. The minimum atomic E-state index is -0.529. The van der Waals surface area contributed by atoms with Crippen molar-refractivity contribution in [2.75, 3.05) is 7.11 Å². The number of carbonyl (C=O) groups excluding carboxylic acids is 1. The van der Waals surface area contributed by atoms with E-state index in [0.29, 0.717) is 16.8 Å². The summed E-state index contributed by atoms with van der Waals surface area (Å²) in [5.41, 5.74) is 3.79. The SMILES string of the molecule is COc1ccc2cc(/C=N/NC(=O)c3cc4ccccc4cc3O)c(Cl)nc2c1. The maximum absolute atomic E-state index is 12.4. The number of amides is 1. The Morgan fingerprint density at radius 3 is 2.62 bits per heavy atom. The maximum atomic E-state index is 12.4. The molecular formula is C22H16ClN3O3. The summed E-state index contributed by atoms with van der Waals surface area (Å²) in [6.07, 6.45) is 1.41. The quantitative estimate of drug-likeness (QED) is 0.297. The van der Waals surface area contributed by atoms with Crippen molar-refractivity contribution < 1.29 is 14.6 Å². The summed E-state index contributed by atoms with van der Waals surface area (Å²) >= 11 is 6.23. The zero-order valence-corrected chi connectivity index (χ0v) is 16.1.